The van der Waals surface area contributed by atoms with Gasteiger partial charge in [-0.05, 0) is 36.8 Å². The number of nitrogens with one attached hydrogen (secondary N) is 2. The second kappa shape index (κ2) is 12.0. The molecule has 0 bridgehead atoms. The van der Waals surface area contributed by atoms with Crippen LogP contribution in [0.15, 0.2) is 48.5 Å². The number of carbonyl (C=O) groups excluding carboxylic acids is 1. The molecule has 0 unspecified atom stereocenters. The van der Waals surface area contributed by atoms with Gasteiger partial charge >= 0.3 is 12.2 Å². The molecule has 2 atom stereocenters. The first-order chi connectivity index (χ1) is 18.5. The summed E-state index contributed by atoms with van der Waals surface area (Å²) in [6, 6.07) is 10.6. The number of methoxy groups -OCH3 is 1. The average Bonchev–Trinajstić information content (AvgIpc) is 3.41. The molecule has 0 spiro atoms. The van der Waals surface area contributed by atoms with Crippen molar-refractivity contribution in [3.63, 3.8) is 0 Å². The van der Waals surface area contributed by atoms with Gasteiger partial charge in [-0.25, -0.2) is 18.3 Å². The third-order valence-corrected chi connectivity index (χ3v) is 6.32. The van der Waals surface area contributed by atoms with Crippen molar-refractivity contribution in [3.05, 3.63) is 71.3 Å². The van der Waals surface area contributed by atoms with Crippen LogP contribution < -0.4 is 15.4 Å². The van der Waals surface area contributed by atoms with E-state index in [1.807, 2.05) is 4.90 Å². The zero-order valence-electron chi connectivity index (χ0n) is 21.3. The quantitative estimate of drug-likeness (QED) is 0.378. The number of nitrogens with zero attached hydrogens (tertiary/aromatic N) is 3. The molecule has 4 rings (SSSR count). The Labute approximate surface area is 221 Å². The monoisotopic (exact) mass is 553 g/mol. The van der Waals surface area contributed by atoms with Crippen LogP contribution in [-0.2, 0) is 4.74 Å². The van der Waals surface area contributed by atoms with E-state index < -0.39 is 42.4 Å². The van der Waals surface area contributed by atoms with E-state index in [9.17, 15) is 26.7 Å². The Balaban J connectivity index is 1.58. The van der Waals surface area contributed by atoms with Crippen molar-refractivity contribution in [3.8, 4) is 11.6 Å². The Morgan fingerprint density at radius 3 is 2.44 bits per heavy atom. The Hall–Kier alpha value is -3.71. The highest BCUT2D eigenvalue weighted by molar-refractivity contribution is 5.90. The van der Waals surface area contributed by atoms with E-state index in [4.69, 9.17) is 9.47 Å². The zero-order chi connectivity index (χ0) is 28.2. The molecule has 1 aliphatic rings. The van der Waals surface area contributed by atoms with Crippen LogP contribution in [-0.4, -0.2) is 72.9 Å². The van der Waals surface area contributed by atoms with Crippen LogP contribution in [0.25, 0.3) is 5.69 Å². The highest BCUT2D eigenvalue weighted by Crippen LogP contribution is 2.31. The second-order valence-electron chi connectivity index (χ2n) is 9.20. The summed E-state index contributed by atoms with van der Waals surface area (Å²) in [6.07, 6.45) is -4.57. The number of anilines is 1. The number of halogens is 5. The number of carbonyl (C=O) groups is 1. The second-order valence-corrected chi connectivity index (χ2v) is 9.20. The lowest BCUT2D eigenvalue weighted by Crippen LogP contribution is -2.42. The van der Waals surface area contributed by atoms with E-state index in [-0.39, 0.29) is 17.3 Å². The molecule has 2 N–H and O–H groups in total. The molecule has 210 valence electrons. The number of amides is 2. The van der Waals surface area contributed by atoms with E-state index in [2.05, 4.69) is 15.7 Å². The average molecular weight is 554 g/mol. The number of para-hydroxylation sites is 1. The van der Waals surface area contributed by atoms with Crippen LogP contribution in [0.3, 0.4) is 0 Å². The minimum absolute atomic E-state index is 0.110. The van der Waals surface area contributed by atoms with Crippen LogP contribution in [0.4, 0.5) is 32.6 Å². The molecule has 3 aromatic rings. The van der Waals surface area contributed by atoms with Crippen molar-refractivity contribution in [1.29, 1.82) is 0 Å². The van der Waals surface area contributed by atoms with Crippen molar-refractivity contribution >= 4 is 11.8 Å². The maximum atomic E-state index is 14.0. The molecule has 1 aromatic heterocycles. The molecule has 2 aromatic carbocycles. The van der Waals surface area contributed by atoms with Gasteiger partial charge in [-0.15, -0.1) is 5.10 Å². The van der Waals surface area contributed by atoms with E-state index in [0.29, 0.717) is 37.5 Å². The number of aromatic nitrogens is 2. The van der Waals surface area contributed by atoms with E-state index in [1.54, 1.807) is 37.4 Å². The first-order valence-corrected chi connectivity index (χ1v) is 12.1. The van der Waals surface area contributed by atoms with Gasteiger partial charge in [0, 0.05) is 38.7 Å². The number of likely N-dealkylation sites (tertiary alicyclic amines) is 1. The van der Waals surface area contributed by atoms with Gasteiger partial charge in [0.2, 0.25) is 5.88 Å². The molecule has 8 nitrogen and oxygen atoms in total. The number of hydrogen-bond acceptors (Lipinski definition) is 5. The summed E-state index contributed by atoms with van der Waals surface area (Å²) in [5, 5.41) is 9.67. The SMILES string of the molecule is COCCN1C[C@@H](NC(=O)Nc2c(C)c(OCC(F)(F)F)nn2-c2ccccc2)[C@H](c2cc(F)cc(F)c2)C1. The lowest BCUT2D eigenvalue weighted by molar-refractivity contribution is -0.154. The van der Waals surface area contributed by atoms with Gasteiger partial charge < -0.3 is 14.8 Å². The zero-order valence-corrected chi connectivity index (χ0v) is 21.3. The van der Waals surface area contributed by atoms with Crippen molar-refractivity contribution in [2.24, 2.45) is 0 Å². The number of ether oxygens (including phenoxy) is 2. The number of hydrogen-bond donors (Lipinski definition) is 2. The predicted octanol–water partition coefficient (Wildman–Crippen LogP) is 4.64. The van der Waals surface area contributed by atoms with Gasteiger partial charge in [0.05, 0.1) is 23.9 Å². The van der Waals surface area contributed by atoms with Crippen molar-refractivity contribution in [1.82, 2.24) is 20.0 Å². The molecule has 0 radical (unpaired) electrons. The summed E-state index contributed by atoms with van der Waals surface area (Å²) in [4.78, 5) is 15.2. The molecular weight excluding hydrogens is 525 g/mol. The Morgan fingerprint density at radius 1 is 1.10 bits per heavy atom. The van der Waals surface area contributed by atoms with Crippen molar-refractivity contribution in [2.75, 3.05) is 45.3 Å². The van der Waals surface area contributed by atoms with Crippen LogP contribution in [0.1, 0.15) is 17.0 Å². The number of benzene rings is 2. The number of urea groups is 1. The van der Waals surface area contributed by atoms with Gasteiger partial charge in [-0.3, -0.25) is 10.2 Å². The molecule has 1 fully saturated rings. The third kappa shape index (κ3) is 7.24. The standard InChI is InChI=1S/C26H28F5N5O3/c1-16-23(36(20-6-4-3-5-7-20)34-24(16)39-15-26(29,30)31)33-25(37)32-22-14-35(8-9-38-2)13-21(22)17-10-18(27)12-19(28)11-17/h3-7,10-12,21-22H,8-9,13-15H2,1-2H3,(H2,32,33,37)/t21-,22+/m0/s1. The van der Waals surface area contributed by atoms with Gasteiger partial charge in [-0.2, -0.15) is 13.2 Å². The van der Waals surface area contributed by atoms with Crippen LogP contribution in [0, 0.1) is 18.6 Å². The molecule has 0 aliphatic carbocycles. The van der Waals surface area contributed by atoms with Crippen LogP contribution in [0.5, 0.6) is 5.88 Å². The normalized spacial score (nSPS) is 17.8. The van der Waals surface area contributed by atoms with E-state index in [0.717, 1.165) is 6.07 Å². The largest absolute Gasteiger partial charge is 0.467 e. The molecule has 13 heteroatoms. The summed E-state index contributed by atoms with van der Waals surface area (Å²) in [7, 11) is 1.56. The van der Waals surface area contributed by atoms with Crippen molar-refractivity contribution in [2.45, 2.75) is 25.1 Å². The molecule has 1 saturated heterocycles. The molecule has 2 amide bonds. The molecular formula is C26H28F5N5O3. The van der Waals surface area contributed by atoms with Gasteiger partial charge in [-0.1, -0.05) is 18.2 Å². The first kappa shape index (κ1) is 28.3. The fourth-order valence-electron chi connectivity index (χ4n) is 4.54. The lowest BCUT2D eigenvalue weighted by atomic mass is 9.94. The molecule has 2 heterocycles. The lowest BCUT2D eigenvalue weighted by Gasteiger charge is -2.21. The Morgan fingerprint density at radius 2 is 1.79 bits per heavy atom. The highest BCUT2D eigenvalue weighted by Gasteiger charge is 2.36. The number of alkyl halides is 3. The first-order valence-electron chi connectivity index (χ1n) is 12.1. The third-order valence-electron chi connectivity index (χ3n) is 6.32. The van der Waals surface area contributed by atoms with Crippen molar-refractivity contribution < 1.29 is 36.2 Å². The van der Waals surface area contributed by atoms with E-state index in [1.165, 1.54) is 23.7 Å². The fourth-order valence-corrected chi connectivity index (χ4v) is 4.54. The fraction of sp³-hybridized carbons (Fsp3) is 0.385. The smallest absolute Gasteiger partial charge is 0.422 e. The summed E-state index contributed by atoms with van der Waals surface area (Å²) in [6.45, 7) is 1.72. The Kier molecular flexibility index (Phi) is 8.70. The Bertz CT molecular complexity index is 1260. The van der Waals surface area contributed by atoms with E-state index >= 15 is 0 Å². The summed E-state index contributed by atoms with van der Waals surface area (Å²) >= 11 is 0. The predicted molar refractivity (Wildman–Crippen MR) is 133 cm³/mol. The van der Waals surface area contributed by atoms with Crippen LogP contribution >= 0.6 is 0 Å². The van der Waals surface area contributed by atoms with Gasteiger partial charge in [0.15, 0.2) is 6.61 Å². The molecule has 1 aliphatic heterocycles. The summed E-state index contributed by atoms with van der Waals surface area (Å²) in [5.74, 6) is -2.05. The highest BCUT2D eigenvalue weighted by atomic mass is 19.4. The topological polar surface area (TPSA) is 80.7 Å². The molecule has 39 heavy (non-hydrogen) atoms. The molecule has 0 saturated carbocycles. The minimum Gasteiger partial charge on any atom is -0.467 e. The maximum absolute atomic E-state index is 14.0. The minimum atomic E-state index is -4.57. The summed E-state index contributed by atoms with van der Waals surface area (Å²) < 4.78 is 77.6. The van der Waals surface area contributed by atoms with Gasteiger partial charge in [0.1, 0.15) is 17.5 Å². The number of rotatable bonds is 9. The summed E-state index contributed by atoms with van der Waals surface area (Å²) in [5.41, 5.74) is 1.07. The van der Waals surface area contributed by atoms with Gasteiger partial charge in [0.25, 0.3) is 0 Å². The maximum Gasteiger partial charge on any atom is 0.422 e. The van der Waals surface area contributed by atoms with Crippen LogP contribution in [0.2, 0.25) is 0 Å².